The van der Waals surface area contributed by atoms with Gasteiger partial charge < -0.3 is 4.74 Å². The zero-order chi connectivity index (χ0) is 23.0. The van der Waals surface area contributed by atoms with Gasteiger partial charge in [0, 0.05) is 23.3 Å². The first-order chi connectivity index (χ1) is 15.3. The van der Waals surface area contributed by atoms with Gasteiger partial charge in [-0.1, -0.05) is 24.6 Å². The first-order valence-electron chi connectivity index (χ1n) is 10.4. The number of aromatic nitrogens is 6. The van der Waals surface area contributed by atoms with Gasteiger partial charge in [0.15, 0.2) is 0 Å². The van der Waals surface area contributed by atoms with E-state index >= 15 is 0 Å². The number of tetrazole rings is 1. The number of ether oxygens (including phenoxy) is 1. The summed E-state index contributed by atoms with van der Waals surface area (Å²) in [5.41, 5.74) is 6.27. The highest BCUT2D eigenvalue weighted by atomic mass is 35.5. The minimum Gasteiger partial charge on any atom is -0.488 e. The first-order valence-corrected chi connectivity index (χ1v) is 10.7. The van der Waals surface area contributed by atoms with Gasteiger partial charge in [-0.2, -0.15) is 14.5 Å². The highest BCUT2D eigenvalue weighted by molar-refractivity contribution is 6.31. The highest BCUT2D eigenvalue weighted by Crippen LogP contribution is 2.27. The lowest BCUT2D eigenvalue weighted by Crippen LogP contribution is -2.23. The Balaban J connectivity index is 1.62. The van der Waals surface area contributed by atoms with Crippen molar-refractivity contribution in [3.8, 4) is 17.1 Å². The minimum absolute atomic E-state index is 0.179. The van der Waals surface area contributed by atoms with Crippen molar-refractivity contribution in [2.75, 3.05) is 0 Å². The quantitative estimate of drug-likeness (QED) is 0.443. The minimum atomic E-state index is -0.356. The second-order valence-corrected chi connectivity index (χ2v) is 8.09. The summed E-state index contributed by atoms with van der Waals surface area (Å²) in [7, 11) is 1.55. The molecule has 0 fully saturated rings. The molecule has 0 amide bonds. The monoisotopic (exact) mass is 452 g/mol. The van der Waals surface area contributed by atoms with E-state index < -0.39 is 0 Å². The molecule has 32 heavy (non-hydrogen) atoms. The fourth-order valence-corrected chi connectivity index (χ4v) is 4.09. The SMILES string of the molecule is CCc1c(C)nn(-c2ccc(OCc3c(Cl)cccc3-n3nnn(C)c3=O)c(C)c2)c1C. The molecule has 0 aliphatic heterocycles. The van der Waals surface area contributed by atoms with E-state index in [0.29, 0.717) is 16.3 Å². The smallest absolute Gasteiger partial charge is 0.368 e. The molecular weight excluding hydrogens is 428 g/mol. The third-order valence-corrected chi connectivity index (χ3v) is 5.97. The van der Waals surface area contributed by atoms with Gasteiger partial charge >= 0.3 is 5.69 Å². The molecule has 2 heterocycles. The molecule has 8 nitrogen and oxygen atoms in total. The van der Waals surface area contributed by atoms with Crippen molar-refractivity contribution in [3.05, 3.63) is 80.0 Å². The van der Waals surface area contributed by atoms with Crippen LogP contribution in [0.2, 0.25) is 5.02 Å². The molecule has 0 aliphatic rings. The maximum atomic E-state index is 12.3. The Bertz CT molecular complexity index is 1350. The zero-order valence-electron chi connectivity index (χ0n) is 18.8. The molecule has 0 saturated heterocycles. The molecule has 4 rings (SSSR count). The van der Waals surface area contributed by atoms with Gasteiger partial charge in [-0.15, -0.1) is 0 Å². The lowest BCUT2D eigenvalue weighted by Gasteiger charge is -2.14. The Morgan fingerprint density at radius 3 is 2.44 bits per heavy atom. The van der Waals surface area contributed by atoms with Crippen LogP contribution in [0.5, 0.6) is 5.75 Å². The molecular formula is C23H25ClN6O2. The lowest BCUT2D eigenvalue weighted by atomic mass is 10.1. The van der Waals surface area contributed by atoms with Gasteiger partial charge in [0.2, 0.25) is 0 Å². The predicted molar refractivity (Wildman–Crippen MR) is 123 cm³/mol. The van der Waals surface area contributed by atoms with E-state index in [0.717, 1.165) is 39.5 Å². The van der Waals surface area contributed by atoms with Crippen molar-refractivity contribution in [1.82, 2.24) is 29.6 Å². The molecule has 0 N–H and O–H groups in total. The van der Waals surface area contributed by atoms with Crippen LogP contribution in [0.15, 0.2) is 41.2 Å². The van der Waals surface area contributed by atoms with Crippen LogP contribution in [0.4, 0.5) is 0 Å². The van der Waals surface area contributed by atoms with Crippen LogP contribution in [-0.2, 0) is 20.1 Å². The molecule has 0 bridgehead atoms. The van der Waals surface area contributed by atoms with E-state index in [1.807, 2.05) is 30.7 Å². The van der Waals surface area contributed by atoms with Gasteiger partial charge in [-0.3, -0.25) is 0 Å². The molecule has 166 valence electrons. The molecule has 2 aromatic carbocycles. The van der Waals surface area contributed by atoms with Crippen molar-refractivity contribution < 1.29 is 4.74 Å². The lowest BCUT2D eigenvalue weighted by molar-refractivity contribution is 0.303. The summed E-state index contributed by atoms with van der Waals surface area (Å²) >= 11 is 6.44. The predicted octanol–water partition coefficient (Wildman–Crippen LogP) is 3.87. The van der Waals surface area contributed by atoms with Crippen LogP contribution >= 0.6 is 11.6 Å². The number of rotatable bonds is 6. The second kappa shape index (κ2) is 8.63. The standard InChI is InChI=1S/C23H25ClN6O2/c1-6-18-15(3)25-29(16(18)4)17-10-11-22(14(2)12-17)32-13-19-20(24)8-7-9-21(19)30-23(31)28(5)26-27-30/h7-12H,6,13H2,1-5H3. The molecule has 4 aromatic rings. The van der Waals surface area contributed by atoms with E-state index in [4.69, 9.17) is 21.4 Å². The summed E-state index contributed by atoms with van der Waals surface area (Å²) in [5.74, 6) is 0.725. The van der Waals surface area contributed by atoms with E-state index in [1.54, 1.807) is 25.2 Å². The number of nitrogens with zero attached hydrogens (tertiary/aromatic N) is 6. The van der Waals surface area contributed by atoms with Crippen molar-refractivity contribution >= 4 is 11.6 Å². The van der Waals surface area contributed by atoms with E-state index in [-0.39, 0.29) is 12.3 Å². The number of hydrogen-bond acceptors (Lipinski definition) is 5. The summed E-state index contributed by atoms with van der Waals surface area (Å²) in [6, 6.07) is 11.3. The van der Waals surface area contributed by atoms with Crippen molar-refractivity contribution in [2.45, 2.75) is 40.7 Å². The fourth-order valence-electron chi connectivity index (χ4n) is 3.87. The third-order valence-electron chi connectivity index (χ3n) is 5.61. The number of benzene rings is 2. The molecule has 0 saturated carbocycles. The Hall–Kier alpha value is -3.39. The van der Waals surface area contributed by atoms with Gasteiger partial charge in [-0.05, 0) is 79.1 Å². The zero-order valence-corrected chi connectivity index (χ0v) is 19.5. The van der Waals surface area contributed by atoms with E-state index in [1.165, 1.54) is 10.2 Å². The molecule has 9 heteroatoms. The van der Waals surface area contributed by atoms with Gasteiger partial charge in [0.05, 0.1) is 17.1 Å². The second-order valence-electron chi connectivity index (χ2n) is 7.69. The van der Waals surface area contributed by atoms with Crippen molar-refractivity contribution in [2.24, 2.45) is 7.05 Å². The molecule has 0 radical (unpaired) electrons. The Morgan fingerprint density at radius 2 is 1.81 bits per heavy atom. The van der Waals surface area contributed by atoms with Crippen LogP contribution in [-0.4, -0.2) is 29.6 Å². The Morgan fingerprint density at radius 1 is 1.03 bits per heavy atom. The molecule has 0 spiro atoms. The number of halogens is 1. The summed E-state index contributed by atoms with van der Waals surface area (Å²) in [6.45, 7) is 8.44. The average molecular weight is 453 g/mol. The van der Waals surface area contributed by atoms with Crippen molar-refractivity contribution in [3.63, 3.8) is 0 Å². The first kappa shape index (κ1) is 21.8. The largest absolute Gasteiger partial charge is 0.488 e. The third kappa shape index (κ3) is 3.82. The summed E-state index contributed by atoms with van der Waals surface area (Å²) in [4.78, 5) is 12.3. The number of aryl methyl sites for hydroxylation is 3. The summed E-state index contributed by atoms with van der Waals surface area (Å²) in [6.07, 6.45) is 0.951. The van der Waals surface area contributed by atoms with E-state index in [2.05, 4.69) is 30.3 Å². The van der Waals surface area contributed by atoms with Crippen LogP contribution in [0.1, 0.15) is 35.0 Å². The summed E-state index contributed by atoms with van der Waals surface area (Å²) in [5, 5.41) is 12.9. The van der Waals surface area contributed by atoms with Gasteiger partial charge in [0.1, 0.15) is 12.4 Å². The Kier molecular flexibility index (Phi) is 5.88. The van der Waals surface area contributed by atoms with Crippen molar-refractivity contribution in [1.29, 1.82) is 0 Å². The highest BCUT2D eigenvalue weighted by Gasteiger charge is 2.16. The van der Waals surface area contributed by atoms with Crippen LogP contribution in [0.3, 0.4) is 0 Å². The fraction of sp³-hybridized carbons (Fsp3) is 0.304. The maximum Gasteiger partial charge on any atom is 0.368 e. The molecule has 0 atom stereocenters. The van der Waals surface area contributed by atoms with Crippen LogP contribution in [0, 0.1) is 20.8 Å². The Labute approximate surface area is 191 Å². The number of hydrogen-bond donors (Lipinski definition) is 0. The summed E-state index contributed by atoms with van der Waals surface area (Å²) < 4.78 is 10.5. The topological polar surface area (TPSA) is 79.8 Å². The molecule has 0 unspecified atom stereocenters. The molecule has 2 aromatic heterocycles. The van der Waals surface area contributed by atoms with Gasteiger partial charge in [0.25, 0.3) is 0 Å². The maximum absolute atomic E-state index is 12.3. The van der Waals surface area contributed by atoms with E-state index in [9.17, 15) is 4.79 Å². The molecule has 0 aliphatic carbocycles. The normalized spacial score (nSPS) is 11.2. The van der Waals surface area contributed by atoms with Gasteiger partial charge in [-0.25, -0.2) is 9.48 Å². The van der Waals surface area contributed by atoms with Crippen LogP contribution in [0.25, 0.3) is 11.4 Å². The average Bonchev–Trinajstić information content (AvgIpc) is 3.25. The van der Waals surface area contributed by atoms with Crippen LogP contribution < -0.4 is 10.4 Å².